The molecule has 1 saturated heterocycles. The van der Waals surface area contributed by atoms with Crippen molar-refractivity contribution in [3.63, 3.8) is 0 Å². The number of hydrogen-bond donors (Lipinski definition) is 2. The van der Waals surface area contributed by atoms with E-state index >= 15 is 0 Å². The van der Waals surface area contributed by atoms with Gasteiger partial charge >= 0.3 is 0 Å². The summed E-state index contributed by atoms with van der Waals surface area (Å²) in [5.74, 6) is 0.394. The van der Waals surface area contributed by atoms with Crippen LogP contribution in [0.5, 0.6) is 0 Å². The minimum absolute atomic E-state index is 0.350. The summed E-state index contributed by atoms with van der Waals surface area (Å²) < 4.78 is 0. The smallest absolute Gasteiger partial charge is 0.166 e. The highest BCUT2D eigenvalue weighted by Gasteiger charge is 2.25. The zero-order valence-electron chi connectivity index (χ0n) is 10.2. The third-order valence-corrected chi connectivity index (χ3v) is 3.83. The molecule has 92 valence electrons. The van der Waals surface area contributed by atoms with Crippen LogP contribution in [0.15, 0.2) is 36.5 Å². The van der Waals surface area contributed by atoms with Crippen LogP contribution in [0.25, 0.3) is 10.9 Å². The van der Waals surface area contributed by atoms with Crippen LogP contribution >= 0.6 is 12.2 Å². The third-order valence-electron chi connectivity index (χ3n) is 3.57. The van der Waals surface area contributed by atoms with Gasteiger partial charge in [-0.25, -0.2) is 0 Å². The Balaban J connectivity index is 2.01. The average Bonchev–Trinajstić information content (AvgIpc) is 2.84. The van der Waals surface area contributed by atoms with E-state index in [1.807, 2.05) is 12.3 Å². The van der Waals surface area contributed by atoms with Crippen molar-refractivity contribution in [2.45, 2.75) is 18.9 Å². The third kappa shape index (κ3) is 1.93. The molecule has 0 amide bonds. The maximum absolute atomic E-state index is 5.13. The Labute approximate surface area is 112 Å². The SMILES string of the molecule is CC(c1cccc2ncccc12)C1CNC(=S)N1. The molecule has 2 N–H and O–H groups in total. The number of benzene rings is 1. The molecule has 1 aromatic carbocycles. The van der Waals surface area contributed by atoms with E-state index in [1.165, 1.54) is 10.9 Å². The molecule has 0 radical (unpaired) electrons. The molecule has 1 aromatic heterocycles. The van der Waals surface area contributed by atoms with E-state index in [4.69, 9.17) is 12.2 Å². The number of nitrogens with one attached hydrogen (secondary N) is 2. The van der Waals surface area contributed by atoms with Gasteiger partial charge in [0, 0.05) is 24.0 Å². The number of nitrogens with zero attached hydrogens (tertiary/aromatic N) is 1. The van der Waals surface area contributed by atoms with Gasteiger partial charge in [0.15, 0.2) is 5.11 Å². The molecule has 0 aliphatic carbocycles. The number of thiocarbonyl (C=S) groups is 1. The molecular formula is C14H15N3S. The number of aromatic nitrogens is 1. The lowest BCUT2D eigenvalue weighted by molar-refractivity contribution is 0.558. The zero-order chi connectivity index (χ0) is 12.5. The molecule has 2 unspecified atom stereocenters. The highest BCUT2D eigenvalue weighted by molar-refractivity contribution is 7.80. The summed E-state index contributed by atoms with van der Waals surface area (Å²) >= 11 is 5.13. The van der Waals surface area contributed by atoms with E-state index in [1.54, 1.807) is 0 Å². The first-order valence-electron chi connectivity index (χ1n) is 6.14. The fraction of sp³-hybridized carbons (Fsp3) is 0.286. The molecule has 3 nitrogen and oxygen atoms in total. The average molecular weight is 257 g/mol. The van der Waals surface area contributed by atoms with E-state index in [9.17, 15) is 0 Å². The van der Waals surface area contributed by atoms with Crippen molar-refractivity contribution in [2.75, 3.05) is 6.54 Å². The quantitative estimate of drug-likeness (QED) is 0.809. The molecule has 1 aliphatic heterocycles. The van der Waals surface area contributed by atoms with E-state index < -0.39 is 0 Å². The summed E-state index contributed by atoms with van der Waals surface area (Å²) in [5, 5.41) is 8.47. The summed E-state index contributed by atoms with van der Waals surface area (Å²) in [7, 11) is 0. The van der Waals surface area contributed by atoms with Crippen molar-refractivity contribution >= 4 is 28.2 Å². The van der Waals surface area contributed by atoms with Gasteiger partial charge in [-0.1, -0.05) is 25.1 Å². The van der Waals surface area contributed by atoms with Crippen molar-refractivity contribution in [2.24, 2.45) is 0 Å². The number of hydrogen-bond acceptors (Lipinski definition) is 2. The molecule has 0 saturated carbocycles. The Morgan fingerprint density at radius 1 is 1.33 bits per heavy atom. The molecule has 1 fully saturated rings. The molecule has 1 aliphatic rings. The van der Waals surface area contributed by atoms with Crippen molar-refractivity contribution in [1.82, 2.24) is 15.6 Å². The Bertz CT molecular complexity index is 591. The largest absolute Gasteiger partial charge is 0.361 e. The highest BCUT2D eigenvalue weighted by atomic mass is 32.1. The topological polar surface area (TPSA) is 37.0 Å². The minimum Gasteiger partial charge on any atom is -0.361 e. The van der Waals surface area contributed by atoms with Crippen LogP contribution in [-0.2, 0) is 0 Å². The Kier molecular flexibility index (Phi) is 2.88. The summed E-state index contributed by atoms with van der Waals surface area (Å²) in [4.78, 5) is 4.40. The van der Waals surface area contributed by atoms with Crippen LogP contribution in [0.1, 0.15) is 18.4 Å². The van der Waals surface area contributed by atoms with Gasteiger partial charge in [0.1, 0.15) is 0 Å². The van der Waals surface area contributed by atoms with Crippen LogP contribution in [-0.4, -0.2) is 22.7 Å². The fourth-order valence-electron chi connectivity index (χ4n) is 2.52. The van der Waals surface area contributed by atoms with Crippen LogP contribution in [0, 0.1) is 0 Å². The second kappa shape index (κ2) is 4.53. The highest BCUT2D eigenvalue weighted by Crippen LogP contribution is 2.27. The van der Waals surface area contributed by atoms with Crippen molar-refractivity contribution in [3.8, 4) is 0 Å². The Morgan fingerprint density at radius 2 is 2.22 bits per heavy atom. The lowest BCUT2D eigenvalue weighted by atomic mass is 9.91. The monoisotopic (exact) mass is 257 g/mol. The molecule has 0 bridgehead atoms. The van der Waals surface area contributed by atoms with Gasteiger partial charge in [0.2, 0.25) is 0 Å². The van der Waals surface area contributed by atoms with Gasteiger partial charge in [-0.05, 0) is 29.9 Å². The maximum Gasteiger partial charge on any atom is 0.166 e. The predicted molar refractivity (Wildman–Crippen MR) is 77.7 cm³/mol. The van der Waals surface area contributed by atoms with E-state index in [2.05, 4.69) is 46.8 Å². The first-order valence-corrected chi connectivity index (χ1v) is 6.54. The molecule has 2 heterocycles. The van der Waals surface area contributed by atoms with Crippen LogP contribution < -0.4 is 10.6 Å². The summed E-state index contributed by atoms with van der Waals surface area (Å²) in [6.45, 7) is 3.12. The van der Waals surface area contributed by atoms with Gasteiger partial charge in [-0.3, -0.25) is 4.98 Å². The second-order valence-electron chi connectivity index (χ2n) is 4.67. The van der Waals surface area contributed by atoms with Crippen LogP contribution in [0.2, 0.25) is 0 Å². The molecule has 0 spiro atoms. The van der Waals surface area contributed by atoms with Gasteiger partial charge in [-0.2, -0.15) is 0 Å². The molecule has 2 atom stereocenters. The first-order chi connectivity index (χ1) is 8.75. The lowest BCUT2D eigenvalue weighted by Crippen LogP contribution is -2.31. The van der Waals surface area contributed by atoms with Crippen molar-refractivity contribution in [3.05, 3.63) is 42.1 Å². The molecule has 4 heteroatoms. The van der Waals surface area contributed by atoms with Crippen molar-refractivity contribution in [1.29, 1.82) is 0 Å². The van der Waals surface area contributed by atoms with E-state index in [0.717, 1.165) is 17.2 Å². The van der Waals surface area contributed by atoms with E-state index in [0.29, 0.717) is 12.0 Å². The Hall–Kier alpha value is -1.68. The summed E-state index contributed by atoms with van der Waals surface area (Å²) in [6, 6.07) is 10.8. The van der Waals surface area contributed by atoms with Crippen molar-refractivity contribution < 1.29 is 0 Å². The summed E-state index contributed by atoms with van der Waals surface area (Å²) in [5.41, 5.74) is 2.37. The summed E-state index contributed by atoms with van der Waals surface area (Å²) in [6.07, 6.45) is 1.83. The standard InChI is InChI=1S/C14H15N3S/c1-9(13-8-16-14(18)17-13)10-4-2-6-12-11(10)5-3-7-15-12/h2-7,9,13H,8H2,1H3,(H2,16,17,18). The Morgan fingerprint density at radius 3 is 3.00 bits per heavy atom. The van der Waals surface area contributed by atoms with Gasteiger partial charge in [0.05, 0.1) is 11.6 Å². The first kappa shape index (κ1) is 11.4. The molecule has 2 aromatic rings. The number of rotatable bonds is 2. The molecular weight excluding hydrogens is 242 g/mol. The lowest BCUT2D eigenvalue weighted by Gasteiger charge is -2.20. The second-order valence-corrected chi connectivity index (χ2v) is 5.08. The predicted octanol–water partition coefficient (Wildman–Crippen LogP) is 2.18. The van der Waals surface area contributed by atoms with Crippen LogP contribution in [0.3, 0.4) is 0 Å². The normalized spacial score (nSPS) is 20.5. The maximum atomic E-state index is 5.13. The van der Waals surface area contributed by atoms with Gasteiger partial charge < -0.3 is 10.6 Å². The zero-order valence-corrected chi connectivity index (χ0v) is 11.0. The fourth-order valence-corrected chi connectivity index (χ4v) is 2.75. The van der Waals surface area contributed by atoms with Gasteiger partial charge in [-0.15, -0.1) is 0 Å². The number of pyridine rings is 1. The van der Waals surface area contributed by atoms with E-state index in [-0.39, 0.29) is 0 Å². The van der Waals surface area contributed by atoms with Crippen LogP contribution in [0.4, 0.5) is 0 Å². The number of fused-ring (bicyclic) bond motifs is 1. The minimum atomic E-state index is 0.350. The van der Waals surface area contributed by atoms with Gasteiger partial charge in [0.25, 0.3) is 0 Å². The molecule has 18 heavy (non-hydrogen) atoms. The molecule has 3 rings (SSSR count).